The minimum absolute atomic E-state index is 0.287. The van der Waals surface area contributed by atoms with Gasteiger partial charge < -0.3 is 10.1 Å². The number of fused-ring (bicyclic) bond motifs is 1. The molecule has 0 fully saturated rings. The highest BCUT2D eigenvalue weighted by atomic mass is 16.5. The number of nitrogens with one attached hydrogen (secondary N) is 1. The molecule has 0 saturated heterocycles. The van der Waals surface area contributed by atoms with Crippen LogP contribution in [-0.4, -0.2) is 30.0 Å². The van der Waals surface area contributed by atoms with Gasteiger partial charge in [-0.15, -0.1) is 0 Å². The average molecular weight is 300 g/mol. The number of esters is 1. The molecule has 0 spiro atoms. The third-order valence-electron chi connectivity index (χ3n) is 3.53. The van der Waals surface area contributed by atoms with Gasteiger partial charge in [-0.2, -0.15) is 0 Å². The van der Waals surface area contributed by atoms with Crippen LogP contribution in [0.1, 0.15) is 36.5 Å². The van der Waals surface area contributed by atoms with Crippen molar-refractivity contribution in [1.82, 2.24) is 10.3 Å². The Morgan fingerprint density at radius 2 is 2.05 bits per heavy atom. The lowest BCUT2D eigenvalue weighted by Crippen LogP contribution is -2.41. The Morgan fingerprint density at radius 1 is 1.27 bits per heavy atom. The highest BCUT2D eigenvalue weighted by Gasteiger charge is 2.22. The third-order valence-corrected chi connectivity index (χ3v) is 3.53. The first-order valence-electron chi connectivity index (χ1n) is 7.39. The second kappa shape index (κ2) is 7.54. The molecular formula is C17H20N2O3. The molecule has 1 amide bonds. The second-order valence-electron chi connectivity index (χ2n) is 5.07. The summed E-state index contributed by atoms with van der Waals surface area (Å²) in [6, 6.07) is 8.46. The normalized spacial score (nSPS) is 11.9. The predicted molar refractivity (Wildman–Crippen MR) is 84.5 cm³/mol. The monoisotopic (exact) mass is 300 g/mol. The summed E-state index contributed by atoms with van der Waals surface area (Å²) >= 11 is 0. The number of nitrogens with zero attached hydrogens (tertiary/aromatic N) is 1. The Bertz CT molecular complexity index is 665. The number of unbranched alkanes of at least 4 members (excludes halogenated alkanes) is 1. The molecule has 1 aromatic carbocycles. The van der Waals surface area contributed by atoms with Crippen molar-refractivity contribution in [2.24, 2.45) is 0 Å². The maximum atomic E-state index is 12.5. The fraction of sp³-hybridized carbons (Fsp3) is 0.353. The average Bonchev–Trinajstić information content (AvgIpc) is 2.57. The van der Waals surface area contributed by atoms with Crippen molar-refractivity contribution in [1.29, 1.82) is 0 Å². The number of ether oxygens (including phenoxy) is 1. The van der Waals surface area contributed by atoms with Crippen LogP contribution in [0.5, 0.6) is 0 Å². The van der Waals surface area contributed by atoms with Gasteiger partial charge in [-0.1, -0.05) is 38.0 Å². The number of carbonyl (C=O) groups is 2. The van der Waals surface area contributed by atoms with Crippen molar-refractivity contribution < 1.29 is 14.3 Å². The number of methoxy groups -OCH3 is 1. The number of para-hydroxylation sites is 1. The zero-order valence-electron chi connectivity index (χ0n) is 12.8. The number of carbonyl (C=O) groups excluding carboxylic acids is 2. The number of amides is 1. The summed E-state index contributed by atoms with van der Waals surface area (Å²) in [5, 5.41) is 3.54. The van der Waals surface area contributed by atoms with Crippen LogP contribution in [0.15, 0.2) is 36.5 Å². The van der Waals surface area contributed by atoms with Gasteiger partial charge in [-0.05, 0) is 18.6 Å². The third kappa shape index (κ3) is 3.61. The Morgan fingerprint density at radius 3 is 2.77 bits per heavy atom. The summed E-state index contributed by atoms with van der Waals surface area (Å²) in [4.78, 5) is 28.5. The van der Waals surface area contributed by atoms with Gasteiger partial charge in [0.05, 0.1) is 18.2 Å². The number of rotatable bonds is 6. The van der Waals surface area contributed by atoms with Gasteiger partial charge in [-0.3, -0.25) is 9.78 Å². The smallest absolute Gasteiger partial charge is 0.328 e. The summed E-state index contributed by atoms with van der Waals surface area (Å²) in [7, 11) is 1.33. The molecule has 0 aliphatic heterocycles. The standard InChI is InChI=1S/C17H20N2O3/c1-3-4-8-15(17(21)22-2)19-16(20)13-10-11-18-14-9-6-5-7-12(13)14/h5-7,9-11,15H,3-4,8H2,1-2H3,(H,19,20)/t15-/m1/s1. The molecule has 1 atom stereocenters. The predicted octanol–water partition coefficient (Wildman–Crippen LogP) is 2.70. The van der Waals surface area contributed by atoms with Crippen LogP contribution in [0.2, 0.25) is 0 Å². The van der Waals surface area contributed by atoms with E-state index in [-0.39, 0.29) is 5.91 Å². The molecule has 0 saturated carbocycles. The number of hydrogen-bond donors (Lipinski definition) is 1. The molecule has 1 aromatic heterocycles. The Labute approximate surface area is 129 Å². The highest BCUT2D eigenvalue weighted by Crippen LogP contribution is 2.16. The van der Waals surface area contributed by atoms with Gasteiger partial charge in [0.2, 0.25) is 0 Å². The van der Waals surface area contributed by atoms with E-state index in [9.17, 15) is 9.59 Å². The quantitative estimate of drug-likeness (QED) is 0.833. The minimum atomic E-state index is -0.621. The Kier molecular flexibility index (Phi) is 5.47. The molecule has 0 unspecified atom stereocenters. The van der Waals surface area contributed by atoms with Gasteiger partial charge in [0, 0.05) is 11.6 Å². The maximum absolute atomic E-state index is 12.5. The number of hydrogen-bond acceptors (Lipinski definition) is 4. The number of benzene rings is 1. The van der Waals surface area contributed by atoms with Crippen molar-refractivity contribution in [3.05, 3.63) is 42.1 Å². The van der Waals surface area contributed by atoms with Crippen LogP contribution < -0.4 is 5.32 Å². The van der Waals surface area contributed by atoms with E-state index in [1.807, 2.05) is 31.2 Å². The van der Waals surface area contributed by atoms with Crippen LogP contribution in [0.3, 0.4) is 0 Å². The molecule has 116 valence electrons. The van der Waals surface area contributed by atoms with Crippen molar-refractivity contribution in [3.63, 3.8) is 0 Å². The van der Waals surface area contributed by atoms with Gasteiger partial charge >= 0.3 is 5.97 Å². The van der Waals surface area contributed by atoms with Crippen LogP contribution in [0, 0.1) is 0 Å². The second-order valence-corrected chi connectivity index (χ2v) is 5.07. The van der Waals surface area contributed by atoms with Crippen molar-refractivity contribution >= 4 is 22.8 Å². The summed E-state index contributed by atoms with van der Waals surface area (Å²) < 4.78 is 4.77. The minimum Gasteiger partial charge on any atom is -0.467 e. The van der Waals surface area contributed by atoms with Gasteiger partial charge in [0.15, 0.2) is 0 Å². The molecular weight excluding hydrogens is 280 g/mol. The molecule has 2 aromatic rings. The summed E-state index contributed by atoms with van der Waals surface area (Å²) in [5.41, 5.74) is 1.26. The lowest BCUT2D eigenvalue weighted by molar-refractivity contribution is -0.143. The maximum Gasteiger partial charge on any atom is 0.328 e. The van der Waals surface area contributed by atoms with E-state index >= 15 is 0 Å². The van der Waals surface area contributed by atoms with E-state index in [4.69, 9.17) is 4.74 Å². The van der Waals surface area contributed by atoms with E-state index < -0.39 is 12.0 Å². The molecule has 1 heterocycles. The van der Waals surface area contributed by atoms with E-state index in [1.54, 1.807) is 12.3 Å². The van der Waals surface area contributed by atoms with Gasteiger partial charge in [-0.25, -0.2) is 4.79 Å². The van der Waals surface area contributed by atoms with Crippen LogP contribution in [-0.2, 0) is 9.53 Å². The molecule has 5 heteroatoms. The van der Waals surface area contributed by atoms with Crippen LogP contribution in [0.25, 0.3) is 10.9 Å². The Hall–Kier alpha value is -2.43. The van der Waals surface area contributed by atoms with Crippen molar-refractivity contribution in [2.45, 2.75) is 32.2 Å². The first-order valence-corrected chi connectivity index (χ1v) is 7.39. The first kappa shape index (κ1) is 15.9. The van der Waals surface area contributed by atoms with Crippen molar-refractivity contribution in [2.75, 3.05) is 7.11 Å². The summed E-state index contributed by atoms with van der Waals surface area (Å²) in [6.07, 6.45) is 3.95. The summed E-state index contributed by atoms with van der Waals surface area (Å²) in [5.74, 6) is -0.703. The van der Waals surface area contributed by atoms with Crippen LogP contribution in [0.4, 0.5) is 0 Å². The SMILES string of the molecule is CCCC[C@@H](NC(=O)c1ccnc2ccccc12)C(=O)OC. The molecule has 5 nitrogen and oxygen atoms in total. The molecule has 0 radical (unpaired) electrons. The zero-order valence-corrected chi connectivity index (χ0v) is 12.8. The molecule has 0 aliphatic carbocycles. The molecule has 0 bridgehead atoms. The van der Waals surface area contributed by atoms with E-state index in [2.05, 4.69) is 10.3 Å². The van der Waals surface area contributed by atoms with Crippen molar-refractivity contribution in [3.8, 4) is 0 Å². The van der Waals surface area contributed by atoms with E-state index in [1.165, 1.54) is 7.11 Å². The molecule has 22 heavy (non-hydrogen) atoms. The van der Waals surface area contributed by atoms with E-state index in [0.717, 1.165) is 23.7 Å². The molecule has 2 rings (SSSR count). The Balaban J connectivity index is 2.23. The first-order chi connectivity index (χ1) is 10.7. The van der Waals surface area contributed by atoms with E-state index in [0.29, 0.717) is 12.0 Å². The zero-order chi connectivity index (χ0) is 15.9. The number of pyridine rings is 1. The molecule has 0 aliphatic rings. The fourth-order valence-corrected chi connectivity index (χ4v) is 2.33. The lowest BCUT2D eigenvalue weighted by atomic mass is 10.1. The summed E-state index contributed by atoms with van der Waals surface area (Å²) in [6.45, 7) is 2.03. The van der Waals surface area contributed by atoms with Gasteiger partial charge in [0.25, 0.3) is 5.91 Å². The fourth-order valence-electron chi connectivity index (χ4n) is 2.33. The number of aromatic nitrogens is 1. The molecule has 1 N–H and O–H groups in total. The topological polar surface area (TPSA) is 68.3 Å². The lowest BCUT2D eigenvalue weighted by Gasteiger charge is -2.16. The van der Waals surface area contributed by atoms with Crippen LogP contribution >= 0.6 is 0 Å². The highest BCUT2D eigenvalue weighted by molar-refractivity contribution is 6.07. The largest absolute Gasteiger partial charge is 0.467 e. The van der Waals surface area contributed by atoms with Gasteiger partial charge in [0.1, 0.15) is 6.04 Å².